The second kappa shape index (κ2) is 6.76. The Balaban J connectivity index is 1.59. The number of aryl methyl sites for hydroxylation is 1. The van der Waals surface area contributed by atoms with Gasteiger partial charge in [-0.1, -0.05) is 24.3 Å². The number of sulfone groups is 1. The molecule has 0 saturated heterocycles. The minimum atomic E-state index is -3.33. The highest BCUT2D eigenvalue weighted by Crippen LogP contribution is 2.27. The second-order valence-corrected chi connectivity index (χ2v) is 8.15. The number of carbonyl (C=O) groups excluding carboxylic acids is 1. The van der Waals surface area contributed by atoms with Crippen LogP contribution < -0.4 is 15.4 Å². The third-order valence-corrected chi connectivity index (χ3v) is 5.20. The second-order valence-electron chi connectivity index (χ2n) is 6.14. The van der Waals surface area contributed by atoms with Crippen LogP contribution >= 0.6 is 0 Å². The van der Waals surface area contributed by atoms with Crippen LogP contribution in [0.4, 0.5) is 10.5 Å². The first-order valence-electron chi connectivity index (χ1n) is 7.93. The molecule has 0 aliphatic carbocycles. The fourth-order valence-electron chi connectivity index (χ4n) is 2.71. The van der Waals surface area contributed by atoms with Crippen LogP contribution in [0.3, 0.4) is 0 Å². The summed E-state index contributed by atoms with van der Waals surface area (Å²) in [6, 6.07) is 12.1. The molecular formula is C18H20N2O4S. The number of nitrogens with one attached hydrogen (secondary N) is 2. The van der Waals surface area contributed by atoms with Crippen LogP contribution in [0.1, 0.15) is 11.1 Å². The van der Waals surface area contributed by atoms with Gasteiger partial charge in [-0.2, -0.15) is 0 Å². The largest absolute Gasteiger partial charge is 0.488 e. The van der Waals surface area contributed by atoms with E-state index in [1.165, 1.54) is 12.1 Å². The van der Waals surface area contributed by atoms with Gasteiger partial charge in [0.05, 0.1) is 11.4 Å². The van der Waals surface area contributed by atoms with Gasteiger partial charge in [-0.05, 0) is 36.2 Å². The molecule has 1 aliphatic heterocycles. The van der Waals surface area contributed by atoms with Crippen molar-refractivity contribution in [1.29, 1.82) is 0 Å². The summed E-state index contributed by atoms with van der Waals surface area (Å²) >= 11 is 0. The lowest BCUT2D eigenvalue weighted by molar-refractivity contribution is 0.219. The maximum Gasteiger partial charge on any atom is 0.319 e. The zero-order valence-electron chi connectivity index (χ0n) is 14.1. The van der Waals surface area contributed by atoms with Crippen molar-refractivity contribution in [1.82, 2.24) is 5.32 Å². The number of ether oxygens (including phenoxy) is 1. The van der Waals surface area contributed by atoms with E-state index in [0.717, 1.165) is 29.6 Å². The molecule has 3 rings (SSSR count). The highest BCUT2D eigenvalue weighted by molar-refractivity contribution is 7.90. The van der Waals surface area contributed by atoms with E-state index in [2.05, 4.69) is 10.6 Å². The van der Waals surface area contributed by atoms with E-state index >= 15 is 0 Å². The number of para-hydroxylation sites is 1. The van der Waals surface area contributed by atoms with Gasteiger partial charge in [-0.25, -0.2) is 13.2 Å². The van der Waals surface area contributed by atoms with E-state index in [-0.39, 0.29) is 11.0 Å². The molecule has 2 N–H and O–H groups in total. The summed E-state index contributed by atoms with van der Waals surface area (Å²) in [5.41, 5.74) is 2.38. The van der Waals surface area contributed by atoms with Gasteiger partial charge in [0.15, 0.2) is 9.84 Å². The Morgan fingerprint density at radius 3 is 2.72 bits per heavy atom. The van der Waals surface area contributed by atoms with Gasteiger partial charge in [0.25, 0.3) is 0 Å². The van der Waals surface area contributed by atoms with Crippen LogP contribution in [0.25, 0.3) is 0 Å². The molecule has 2 aromatic carbocycles. The molecule has 0 unspecified atom stereocenters. The quantitative estimate of drug-likeness (QED) is 0.877. The van der Waals surface area contributed by atoms with Crippen LogP contribution in [0, 0.1) is 6.92 Å². The van der Waals surface area contributed by atoms with Crippen molar-refractivity contribution in [3.63, 3.8) is 0 Å². The Kier molecular flexibility index (Phi) is 4.67. The Bertz CT molecular complexity index is 884. The van der Waals surface area contributed by atoms with E-state index < -0.39 is 15.9 Å². The van der Waals surface area contributed by atoms with Crippen molar-refractivity contribution in [3.05, 3.63) is 53.6 Å². The lowest BCUT2D eigenvalue weighted by Crippen LogP contribution is -2.37. The molecule has 7 heteroatoms. The number of fused-ring (bicyclic) bond motifs is 1. The number of carbonyl (C=O) groups is 1. The fourth-order valence-corrected chi connectivity index (χ4v) is 3.35. The van der Waals surface area contributed by atoms with Crippen LogP contribution in [0.15, 0.2) is 47.4 Å². The number of rotatable bonds is 4. The summed E-state index contributed by atoms with van der Waals surface area (Å²) in [4.78, 5) is 12.3. The molecule has 2 aromatic rings. The Hall–Kier alpha value is -2.54. The smallest absolute Gasteiger partial charge is 0.319 e. The van der Waals surface area contributed by atoms with E-state index in [0.29, 0.717) is 12.2 Å². The highest BCUT2D eigenvalue weighted by atomic mass is 32.2. The Labute approximate surface area is 147 Å². The summed E-state index contributed by atoms with van der Waals surface area (Å²) in [6.45, 7) is 2.17. The molecule has 0 bridgehead atoms. The topological polar surface area (TPSA) is 84.5 Å². The zero-order valence-corrected chi connectivity index (χ0v) is 14.9. The monoisotopic (exact) mass is 360 g/mol. The molecule has 132 valence electrons. The lowest BCUT2D eigenvalue weighted by atomic mass is 10.1. The van der Waals surface area contributed by atoms with Crippen molar-refractivity contribution >= 4 is 21.6 Å². The zero-order chi connectivity index (χ0) is 18.0. The normalized spacial score (nSPS) is 16.0. The van der Waals surface area contributed by atoms with Crippen LogP contribution in [0.2, 0.25) is 0 Å². The van der Waals surface area contributed by atoms with Gasteiger partial charge in [0.2, 0.25) is 0 Å². The fraction of sp³-hybridized carbons (Fsp3) is 0.278. The van der Waals surface area contributed by atoms with E-state index in [9.17, 15) is 13.2 Å². The summed E-state index contributed by atoms with van der Waals surface area (Å²) < 4.78 is 29.1. The van der Waals surface area contributed by atoms with E-state index in [4.69, 9.17) is 4.74 Å². The first-order valence-corrected chi connectivity index (χ1v) is 9.82. The third-order valence-electron chi connectivity index (χ3n) is 4.09. The van der Waals surface area contributed by atoms with Gasteiger partial charge in [0.1, 0.15) is 11.9 Å². The maximum atomic E-state index is 12.1. The average Bonchev–Trinajstić information content (AvgIpc) is 2.97. The van der Waals surface area contributed by atoms with Gasteiger partial charge in [0, 0.05) is 18.4 Å². The number of hydrogen-bond acceptors (Lipinski definition) is 4. The molecule has 0 radical (unpaired) electrons. The molecule has 1 heterocycles. The molecule has 0 saturated carbocycles. The summed E-state index contributed by atoms with van der Waals surface area (Å²) in [7, 11) is -3.33. The predicted octanol–water partition coefficient (Wildman–Crippen LogP) is 2.52. The third kappa shape index (κ3) is 4.11. The molecule has 2 amide bonds. The number of benzene rings is 2. The maximum absolute atomic E-state index is 12.1. The van der Waals surface area contributed by atoms with E-state index in [1.54, 1.807) is 13.0 Å². The summed E-state index contributed by atoms with van der Waals surface area (Å²) in [5, 5.41) is 5.47. The summed E-state index contributed by atoms with van der Waals surface area (Å²) in [5.74, 6) is 0.853. The number of hydrogen-bond donors (Lipinski definition) is 2. The number of urea groups is 1. The standard InChI is InChI=1S/C18H20N2O4S/c1-12-7-8-15(25(2,22)23)10-16(12)20-18(21)19-11-14-9-13-5-3-4-6-17(13)24-14/h3-8,10,14H,9,11H2,1-2H3,(H2,19,20,21)/t14-/m0/s1. The lowest BCUT2D eigenvalue weighted by Gasteiger charge is -2.14. The SMILES string of the molecule is Cc1ccc(S(C)(=O)=O)cc1NC(=O)NC[C@@H]1Cc2ccccc2O1. The molecule has 0 aromatic heterocycles. The molecule has 0 spiro atoms. The summed E-state index contributed by atoms with van der Waals surface area (Å²) in [6.07, 6.45) is 1.78. The first kappa shape index (κ1) is 17.3. The van der Waals surface area contributed by atoms with Crippen molar-refractivity contribution < 1.29 is 17.9 Å². The Morgan fingerprint density at radius 1 is 1.24 bits per heavy atom. The highest BCUT2D eigenvalue weighted by Gasteiger charge is 2.22. The average molecular weight is 360 g/mol. The predicted molar refractivity (Wildman–Crippen MR) is 95.9 cm³/mol. The molecule has 25 heavy (non-hydrogen) atoms. The van der Waals surface area contributed by atoms with Crippen molar-refractivity contribution in [2.24, 2.45) is 0 Å². The van der Waals surface area contributed by atoms with Gasteiger partial charge < -0.3 is 15.4 Å². The number of anilines is 1. The van der Waals surface area contributed by atoms with Gasteiger partial charge in [-0.3, -0.25) is 0 Å². The van der Waals surface area contributed by atoms with E-state index in [1.807, 2.05) is 24.3 Å². The van der Waals surface area contributed by atoms with Crippen LogP contribution in [0.5, 0.6) is 5.75 Å². The molecule has 1 atom stereocenters. The molecule has 0 fully saturated rings. The molecular weight excluding hydrogens is 340 g/mol. The number of amides is 2. The first-order chi connectivity index (χ1) is 11.8. The van der Waals surface area contributed by atoms with Crippen molar-refractivity contribution in [3.8, 4) is 5.75 Å². The van der Waals surface area contributed by atoms with Crippen molar-refractivity contribution in [2.75, 3.05) is 18.1 Å². The Morgan fingerprint density at radius 2 is 2.00 bits per heavy atom. The molecule has 1 aliphatic rings. The minimum Gasteiger partial charge on any atom is -0.488 e. The minimum absolute atomic E-state index is 0.105. The van der Waals surface area contributed by atoms with Crippen LogP contribution in [-0.4, -0.2) is 33.4 Å². The van der Waals surface area contributed by atoms with Gasteiger partial charge >= 0.3 is 6.03 Å². The van der Waals surface area contributed by atoms with Crippen LogP contribution in [-0.2, 0) is 16.3 Å². The molecule has 6 nitrogen and oxygen atoms in total. The van der Waals surface area contributed by atoms with Crippen molar-refractivity contribution in [2.45, 2.75) is 24.3 Å². The van der Waals surface area contributed by atoms with Gasteiger partial charge in [-0.15, -0.1) is 0 Å².